The molecule has 0 atom stereocenters. The van der Waals surface area contributed by atoms with E-state index in [1.54, 1.807) is 0 Å². The molecular weight excluding hydrogens is 729 g/mol. The van der Waals surface area contributed by atoms with Crippen molar-refractivity contribution in [3.63, 3.8) is 0 Å². The minimum atomic E-state index is 0.889. The average Bonchev–Trinajstić information content (AvgIpc) is 3.33. The Morgan fingerprint density at radius 3 is 1.03 bits per heavy atom. The van der Waals surface area contributed by atoms with E-state index in [0.717, 1.165) is 78.4 Å². The van der Waals surface area contributed by atoms with Crippen LogP contribution in [-0.4, -0.2) is 9.97 Å². The fourth-order valence-electron chi connectivity index (χ4n) is 8.47. The summed E-state index contributed by atoms with van der Waals surface area (Å²) in [7, 11) is 0. The van der Waals surface area contributed by atoms with E-state index in [1.807, 2.05) is 0 Å². The predicted molar refractivity (Wildman–Crippen MR) is 252 cm³/mol. The number of hydrogen-bond acceptors (Lipinski definition) is 4. The van der Waals surface area contributed by atoms with E-state index < -0.39 is 0 Å². The van der Waals surface area contributed by atoms with Crippen LogP contribution < -0.4 is 9.80 Å². The lowest BCUT2D eigenvalue weighted by molar-refractivity contribution is 1.29. The second kappa shape index (κ2) is 15.0. The molecule has 0 saturated carbocycles. The highest BCUT2D eigenvalue weighted by atomic mass is 15.1. The van der Waals surface area contributed by atoms with Crippen LogP contribution in [0.4, 0.5) is 34.1 Å². The number of para-hydroxylation sites is 2. The quantitative estimate of drug-likeness (QED) is 0.144. The number of rotatable bonds is 8. The molecule has 0 aliphatic rings. The number of nitrogens with zero attached hydrogens (tertiary/aromatic N) is 4. The Balaban J connectivity index is 0.947. The number of pyridine rings is 2. The zero-order chi connectivity index (χ0) is 39.8. The zero-order valence-electron chi connectivity index (χ0n) is 32.7. The van der Waals surface area contributed by atoms with Crippen LogP contribution in [0.15, 0.2) is 231 Å². The van der Waals surface area contributed by atoms with E-state index in [2.05, 4.69) is 240 Å². The van der Waals surface area contributed by atoms with Gasteiger partial charge in [-0.1, -0.05) is 158 Å². The summed E-state index contributed by atoms with van der Waals surface area (Å²) < 4.78 is 0. The molecule has 0 fully saturated rings. The van der Waals surface area contributed by atoms with Gasteiger partial charge in [0.25, 0.3) is 0 Å². The van der Waals surface area contributed by atoms with Crippen LogP contribution in [0.3, 0.4) is 0 Å². The number of anilines is 6. The molecule has 0 aliphatic heterocycles. The van der Waals surface area contributed by atoms with Gasteiger partial charge in [-0.3, -0.25) is 0 Å². The third kappa shape index (κ3) is 6.37. The normalized spacial score (nSPS) is 11.3. The molecular formula is C56H38N4. The molecule has 2 heterocycles. The van der Waals surface area contributed by atoms with Crippen molar-refractivity contribution in [3.8, 4) is 22.5 Å². The van der Waals surface area contributed by atoms with Gasteiger partial charge in [0, 0.05) is 55.4 Å². The molecule has 11 aromatic rings. The number of fused-ring (bicyclic) bond motifs is 5. The lowest BCUT2D eigenvalue weighted by atomic mass is 10.0. The maximum atomic E-state index is 5.29. The molecule has 0 unspecified atom stereocenters. The third-order valence-electron chi connectivity index (χ3n) is 11.4. The van der Waals surface area contributed by atoms with Gasteiger partial charge in [-0.05, 0) is 83.6 Å². The van der Waals surface area contributed by atoms with Crippen LogP contribution >= 0.6 is 0 Å². The van der Waals surface area contributed by atoms with E-state index in [-0.39, 0.29) is 0 Å². The molecule has 0 saturated heterocycles. The molecule has 4 heteroatoms. The van der Waals surface area contributed by atoms with Crippen LogP contribution in [0, 0.1) is 0 Å². The summed E-state index contributed by atoms with van der Waals surface area (Å²) in [6, 6.07) is 81.5. The van der Waals surface area contributed by atoms with Gasteiger partial charge in [0.1, 0.15) is 0 Å². The molecule has 0 N–H and O–H groups in total. The summed E-state index contributed by atoms with van der Waals surface area (Å²) in [5.74, 6) is 0. The van der Waals surface area contributed by atoms with E-state index in [0.29, 0.717) is 0 Å². The third-order valence-corrected chi connectivity index (χ3v) is 11.4. The van der Waals surface area contributed by atoms with E-state index in [4.69, 9.17) is 9.97 Å². The maximum Gasteiger partial charge on any atom is 0.0972 e. The lowest BCUT2D eigenvalue weighted by Gasteiger charge is -2.27. The van der Waals surface area contributed by atoms with Gasteiger partial charge >= 0.3 is 0 Å². The number of benzene rings is 9. The molecule has 0 radical (unpaired) electrons. The molecule has 0 spiro atoms. The highest BCUT2D eigenvalue weighted by Gasteiger charge is 2.18. The first-order chi connectivity index (χ1) is 29.7. The van der Waals surface area contributed by atoms with Crippen molar-refractivity contribution in [1.29, 1.82) is 0 Å². The summed E-state index contributed by atoms with van der Waals surface area (Å²) in [6.45, 7) is 0. The molecule has 2 aromatic heterocycles. The smallest absolute Gasteiger partial charge is 0.0972 e. The standard InChI is InChI=1S/C56H38N4/c1-3-17-45(18-4-1)59(53-23-11-15-39-13-7-9-21-49(39)53)47-33-27-41(28-34-47)51-37-31-43-25-26-44-32-38-52(58-56(44)55(43)57-51)42-29-35-48(36-30-42)60(46-19-5-2-6-20-46)54-24-12-16-40-14-8-10-22-50(40)54/h1-38H. The van der Waals surface area contributed by atoms with Crippen LogP contribution in [0.2, 0.25) is 0 Å². The fraction of sp³-hybridized carbons (Fsp3) is 0. The van der Waals surface area contributed by atoms with Crippen LogP contribution in [0.25, 0.3) is 65.9 Å². The van der Waals surface area contributed by atoms with Gasteiger partial charge in [-0.25, -0.2) is 9.97 Å². The van der Waals surface area contributed by atoms with Crippen molar-refractivity contribution in [2.45, 2.75) is 0 Å². The van der Waals surface area contributed by atoms with E-state index in [9.17, 15) is 0 Å². The number of aromatic nitrogens is 2. The lowest BCUT2D eigenvalue weighted by Crippen LogP contribution is -2.10. The first-order valence-corrected chi connectivity index (χ1v) is 20.3. The van der Waals surface area contributed by atoms with Crippen molar-refractivity contribution in [2.24, 2.45) is 0 Å². The molecule has 0 amide bonds. The highest BCUT2D eigenvalue weighted by Crippen LogP contribution is 2.41. The Bertz CT molecular complexity index is 3070. The number of hydrogen-bond donors (Lipinski definition) is 0. The predicted octanol–water partition coefficient (Wildman–Crippen LogP) is 15.4. The van der Waals surface area contributed by atoms with E-state index in [1.165, 1.54) is 21.5 Å². The minimum absolute atomic E-state index is 0.889. The van der Waals surface area contributed by atoms with Gasteiger partial charge < -0.3 is 9.80 Å². The summed E-state index contributed by atoms with van der Waals surface area (Å²) in [5.41, 5.74) is 12.3. The Morgan fingerprint density at radius 1 is 0.250 bits per heavy atom. The van der Waals surface area contributed by atoms with E-state index >= 15 is 0 Å². The van der Waals surface area contributed by atoms with Gasteiger partial charge in [0.05, 0.1) is 33.8 Å². The second-order valence-corrected chi connectivity index (χ2v) is 15.0. The summed E-state index contributed by atoms with van der Waals surface area (Å²) >= 11 is 0. The second-order valence-electron chi connectivity index (χ2n) is 15.0. The van der Waals surface area contributed by atoms with Crippen LogP contribution in [-0.2, 0) is 0 Å². The molecule has 60 heavy (non-hydrogen) atoms. The van der Waals surface area contributed by atoms with Crippen LogP contribution in [0.5, 0.6) is 0 Å². The van der Waals surface area contributed by atoms with Gasteiger partial charge in [-0.15, -0.1) is 0 Å². The molecule has 11 rings (SSSR count). The Kier molecular flexibility index (Phi) is 8.79. The first kappa shape index (κ1) is 35.1. The minimum Gasteiger partial charge on any atom is -0.310 e. The molecule has 0 bridgehead atoms. The Hall–Kier alpha value is -8.08. The van der Waals surface area contributed by atoms with Crippen molar-refractivity contribution in [1.82, 2.24) is 9.97 Å². The molecule has 0 aliphatic carbocycles. The monoisotopic (exact) mass is 766 g/mol. The Morgan fingerprint density at radius 2 is 0.600 bits per heavy atom. The maximum absolute atomic E-state index is 5.29. The van der Waals surface area contributed by atoms with Crippen molar-refractivity contribution >= 4 is 77.5 Å². The van der Waals surface area contributed by atoms with Crippen LogP contribution in [0.1, 0.15) is 0 Å². The average molecular weight is 767 g/mol. The molecule has 9 aromatic carbocycles. The van der Waals surface area contributed by atoms with Crippen molar-refractivity contribution in [3.05, 3.63) is 231 Å². The SMILES string of the molecule is c1ccc(N(c2ccc(-c3ccc4ccc5ccc(-c6ccc(N(c7ccccc7)c7cccc8ccccc78)cc6)nc5c4n3)cc2)c2cccc3ccccc23)cc1. The largest absolute Gasteiger partial charge is 0.310 e. The van der Waals surface area contributed by atoms with Gasteiger partial charge in [0.15, 0.2) is 0 Å². The van der Waals surface area contributed by atoms with Gasteiger partial charge in [0.2, 0.25) is 0 Å². The van der Waals surface area contributed by atoms with Gasteiger partial charge in [-0.2, -0.15) is 0 Å². The summed E-state index contributed by atoms with van der Waals surface area (Å²) in [5, 5.41) is 6.94. The fourth-order valence-corrected chi connectivity index (χ4v) is 8.47. The molecule has 282 valence electrons. The first-order valence-electron chi connectivity index (χ1n) is 20.3. The summed E-state index contributed by atoms with van der Waals surface area (Å²) in [6.07, 6.45) is 0. The highest BCUT2D eigenvalue weighted by molar-refractivity contribution is 6.05. The zero-order valence-corrected chi connectivity index (χ0v) is 32.7. The van der Waals surface area contributed by atoms with Crippen molar-refractivity contribution in [2.75, 3.05) is 9.80 Å². The topological polar surface area (TPSA) is 32.3 Å². The summed E-state index contributed by atoms with van der Waals surface area (Å²) in [4.78, 5) is 15.2. The van der Waals surface area contributed by atoms with Crippen molar-refractivity contribution < 1.29 is 0 Å². The Labute approximate surface area is 348 Å². The molecule has 4 nitrogen and oxygen atoms in total.